The smallest absolute Gasteiger partial charge is 0.357 e. The molecule has 2 unspecified atom stereocenters. The van der Waals surface area contributed by atoms with Crippen LogP contribution in [-0.4, -0.2) is 59.9 Å². The molecular formula is C21H24ClN5O3. The molecule has 1 saturated carbocycles. The van der Waals surface area contributed by atoms with Gasteiger partial charge in [0.1, 0.15) is 11.4 Å². The molecule has 30 heavy (non-hydrogen) atoms. The summed E-state index contributed by atoms with van der Waals surface area (Å²) in [5, 5.41) is 13.0. The molecule has 1 aliphatic rings. The zero-order valence-corrected chi connectivity index (χ0v) is 17.9. The van der Waals surface area contributed by atoms with Crippen LogP contribution in [0.4, 0.5) is 11.8 Å². The molecule has 158 valence electrons. The molecule has 1 aliphatic carbocycles. The molecule has 1 fully saturated rings. The third-order valence-electron chi connectivity index (χ3n) is 4.90. The first-order valence-corrected chi connectivity index (χ1v) is 9.98. The van der Waals surface area contributed by atoms with Gasteiger partial charge >= 0.3 is 5.97 Å². The van der Waals surface area contributed by atoms with Gasteiger partial charge in [-0.3, -0.25) is 0 Å². The first-order valence-electron chi connectivity index (χ1n) is 9.60. The van der Waals surface area contributed by atoms with E-state index >= 15 is 0 Å². The van der Waals surface area contributed by atoms with E-state index in [0.29, 0.717) is 22.9 Å². The fourth-order valence-corrected chi connectivity index (χ4v) is 3.51. The van der Waals surface area contributed by atoms with Crippen molar-refractivity contribution in [3.63, 3.8) is 0 Å². The molecule has 3 rings (SSSR count). The second kappa shape index (κ2) is 9.74. The maximum absolute atomic E-state index is 11.9. The van der Waals surface area contributed by atoms with Crippen LogP contribution < -0.4 is 10.2 Å². The van der Waals surface area contributed by atoms with E-state index in [1.54, 1.807) is 17.0 Å². The summed E-state index contributed by atoms with van der Waals surface area (Å²) >= 11 is 6.45. The van der Waals surface area contributed by atoms with Crippen LogP contribution in [0.5, 0.6) is 0 Å². The Hall–Kier alpha value is -2.89. The molecule has 0 spiro atoms. The number of hydrogen-bond donors (Lipinski definition) is 2. The molecule has 8 nitrogen and oxygen atoms in total. The zero-order chi connectivity index (χ0) is 21.7. The van der Waals surface area contributed by atoms with Gasteiger partial charge in [-0.05, 0) is 37.3 Å². The van der Waals surface area contributed by atoms with Gasteiger partial charge in [0, 0.05) is 32.9 Å². The fraction of sp³-hybridized carbons (Fsp3) is 0.429. The number of carbonyl (C=O) groups is 1. The normalized spacial score (nSPS) is 17.8. The Bertz CT molecular complexity index is 986. The molecule has 0 aliphatic heterocycles. The second-order valence-corrected chi connectivity index (χ2v) is 7.63. The number of pyridine rings is 1. The van der Waals surface area contributed by atoms with Gasteiger partial charge in [-0.2, -0.15) is 9.97 Å². The first-order chi connectivity index (χ1) is 14.4. The van der Waals surface area contributed by atoms with E-state index in [1.165, 1.54) is 13.3 Å². The Labute approximate surface area is 180 Å². The molecule has 2 heterocycles. The van der Waals surface area contributed by atoms with Crippen molar-refractivity contribution in [3.8, 4) is 11.8 Å². The Morgan fingerprint density at radius 2 is 2.17 bits per heavy atom. The lowest BCUT2D eigenvalue weighted by atomic mass is 10.1. The number of aliphatic hydroxyl groups is 1. The molecule has 9 heteroatoms. The third kappa shape index (κ3) is 4.99. The summed E-state index contributed by atoms with van der Waals surface area (Å²) in [5.41, 5.74) is 0.990. The SMILES string of the molecule is COC(=O)c1ncccc1C#Cc1c(Cl)nc(N(C)C)nc1NC1CCC(CO)C1. The molecule has 0 saturated heterocycles. The van der Waals surface area contributed by atoms with Gasteiger partial charge in [0.25, 0.3) is 0 Å². The minimum Gasteiger partial charge on any atom is -0.464 e. The van der Waals surface area contributed by atoms with Gasteiger partial charge in [-0.1, -0.05) is 23.4 Å². The minimum atomic E-state index is -0.565. The highest BCUT2D eigenvalue weighted by Crippen LogP contribution is 2.30. The van der Waals surface area contributed by atoms with Crippen molar-refractivity contribution < 1.29 is 14.6 Å². The van der Waals surface area contributed by atoms with Crippen molar-refractivity contribution in [2.45, 2.75) is 25.3 Å². The highest BCUT2D eigenvalue weighted by molar-refractivity contribution is 6.31. The number of aromatic nitrogens is 3. The highest BCUT2D eigenvalue weighted by atomic mass is 35.5. The van der Waals surface area contributed by atoms with Gasteiger partial charge < -0.3 is 20.1 Å². The molecule has 0 bridgehead atoms. The van der Waals surface area contributed by atoms with Crippen LogP contribution in [0.15, 0.2) is 18.3 Å². The number of halogens is 1. The average molecular weight is 430 g/mol. The molecule has 0 radical (unpaired) electrons. The number of hydrogen-bond acceptors (Lipinski definition) is 8. The number of esters is 1. The van der Waals surface area contributed by atoms with Crippen molar-refractivity contribution in [2.75, 3.05) is 38.0 Å². The zero-order valence-electron chi connectivity index (χ0n) is 17.1. The number of nitrogens with zero attached hydrogens (tertiary/aromatic N) is 4. The van der Waals surface area contributed by atoms with E-state index in [2.05, 4.69) is 32.1 Å². The molecule has 2 atom stereocenters. The van der Waals surface area contributed by atoms with E-state index in [1.807, 2.05) is 14.1 Å². The first kappa shape index (κ1) is 21.8. The van der Waals surface area contributed by atoms with Crippen molar-refractivity contribution in [1.82, 2.24) is 15.0 Å². The number of methoxy groups -OCH3 is 1. The maximum Gasteiger partial charge on any atom is 0.357 e. The standard InChI is InChI=1S/C21H24ClN5O3/c1-27(2)21-25-18(22)16(19(26-21)24-15-8-6-13(11-15)12-28)9-7-14-5-4-10-23-17(14)20(29)30-3/h4-5,10,13,15,28H,6,8,11-12H2,1-3H3,(H,24,25,26). The van der Waals surface area contributed by atoms with Crippen LogP contribution in [0.1, 0.15) is 40.9 Å². The van der Waals surface area contributed by atoms with E-state index in [0.717, 1.165) is 19.3 Å². The topological polar surface area (TPSA) is 100 Å². The number of rotatable bonds is 5. The van der Waals surface area contributed by atoms with Gasteiger partial charge in [0.05, 0.1) is 12.7 Å². The van der Waals surface area contributed by atoms with Gasteiger partial charge in [-0.25, -0.2) is 9.78 Å². The Morgan fingerprint density at radius 1 is 1.37 bits per heavy atom. The molecular weight excluding hydrogens is 406 g/mol. The van der Waals surface area contributed by atoms with Gasteiger partial charge in [-0.15, -0.1) is 0 Å². The van der Waals surface area contributed by atoms with Crippen LogP contribution in [0.3, 0.4) is 0 Å². The van der Waals surface area contributed by atoms with Crippen LogP contribution in [0, 0.1) is 17.8 Å². The lowest BCUT2D eigenvalue weighted by Gasteiger charge is -2.18. The molecule has 2 aromatic rings. The minimum absolute atomic E-state index is 0.130. The van der Waals surface area contributed by atoms with Crippen LogP contribution in [0.2, 0.25) is 5.15 Å². The Kier molecular flexibility index (Phi) is 7.08. The van der Waals surface area contributed by atoms with E-state index < -0.39 is 5.97 Å². The second-order valence-electron chi connectivity index (χ2n) is 7.28. The third-order valence-corrected chi connectivity index (χ3v) is 5.18. The van der Waals surface area contributed by atoms with Gasteiger partial charge in [0.2, 0.25) is 5.95 Å². The predicted molar refractivity (Wildman–Crippen MR) is 115 cm³/mol. The summed E-state index contributed by atoms with van der Waals surface area (Å²) in [6.45, 7) is 0.176. The van der Waals surface area contributed by atoms with Crippen LogP contribution >= 0.6 is 11.6 Å². The van der Waals surface area contributed by atoms with Crippen molar-refractivity contribution in [2.24, 2.45) is 5.92 Å². The number of anilines is 2. The van der Waals surface area contributed by atoms with Crippen molar-refractivity contribution in [3.05, 3.63) is 40.3 Å². The van der Waals surface area contributed by atoms with Gasteiger partial charge in [0.15, 0.2) is 10.8 Å². The van der Waals surface area contributed by atoms with Crippen LogP contribution in [-0.2, 0) is 4.74 Å². The molecule has 0 amide bonds. The monoisotopic (exact) mass is 429 g/mol. The molecule has 2 aromatic heterocycles. The average Bonchev–Trinajstić information content (AvgIpc) is 3.20. The number of carbonyl (C=O) groups excluding carboxylic acids is 1. The fourth-order valence-electron chi connectivity index (χ4n) is 3.30. The summed E-state index contributed by atoms with van der Waals surface area (Å²) in [6.07, 6.45) is 4.22. The van der Waals surface area contributed by atoms with E-state index in [9.17, 15) is 9.90 Å². The summed E-state index contributed by atoms with van der Waals surface area (Å²) in [7, 11) is 4.95. The number of nitrogens with one attached hydrogen (secondary N) is 1. The van der Waals surface area contributed by atoms with E-state index in [4.69, 9.17) is 16.3 Å². The Balaban J connectivity index is 1.99. The Morgan fingerprint density at radius 3 is 2.83 bits per heavy atom. The van der Waals surface area contributed by atoms with E-state index in [-0.39, 0.29) is 29.4 Å². The summed E-state index contributed by atoms with van der Waals surface area (Å²) in [5.74, 6) is 6.64. The predicted octanol–water partition coefficient (Wildman–Crippen LogP) is 2.35. The molecule has 2 N–H and O–H groups in total. The lowest BCUT2D eigenvalue weighted by Crippen LogP contribution is -2.20. The van der Waals surface area contributed by atoms with Crippen molar-refractivity contribution >= 4 is 29.3 Å². The lowest BCUT2D eigenvalue weighted by molar-refractivity contribution is 0.0593. The highest BCUT2D eigenvalue weighted by Gasteiger charge is 2.25. The quantitative estimate of drug-likeness (QED) is 0.424. The molecule has 0 aromatic carbocycles. The summed E-state index contributed by atoms with van der Waals surface area (Å²) in [4.78, 5) is 26.7. The summed E-state index contributed by atoms with van der Waals surface area (Å²) < 4.78 is 4.77. The van der Waals surface area contributed by atoms with Crippen LogP contribution in [0.25, 0.3) is 0 Å². The van der Waals surface area contributed by atoms with Crippen molar-refractivity contribution in [1.29, 1.82) is 0 Å². The largest absolute Gasteiger partial charge is 0.464 e. The summed E-state index contributed by atoms with van der Waals surface area (Å²) in [6, 6.07) is 3.54. The number of aliphatic hydroxyl groups excluding tert-OH is 1. The maximum atomic E-state index is 11.9. The number of ether oxygens (including phenoxy) is 1.